The van der Waals surface area contributed by atoms with E-state index in [9.17, 15) is 0 Å². The van der Waals surface area contributed by atoms with Crippen LogP contribution in [0.2, 0.25) is 0 Å². The van der Waals surface area contributed by atoms with Crippen LogP contribution in [0.5, 0.6) is 11.5 Å². The normalized spacial score (nSPS) is 16.6. The lowest BCUT2D eigenvalue weighted by Crippen LogP contribution is -2.46. The van der Waals surface area contributed by atoms with Crippen LogP contribution < -0.4 is 9.47 Å². The van der Waals surface area contributed by atoms with Crippen LogP contribution in [0.25, 0.3) is 0 Å². The van der Waals surface area contributed by atoms with Gasteiger partial charge in [0.25, 0.3) is 0 Å². The molecule has 0 aromatic heterocycles. The van der Waals surface area contributed by atoms with Crippen molar-refractivity contribution in [1.82, 2.24) is 0 Å². The monoisotopic (exact) mass is 247 g/mol. The van der Waals surface area contributed by atoms with Crippen LogP contribution in [-0.2, 0) is 10.2 Å². The largest absolute Gasteiger partial charge is 0.496 e. The molecule has 0 amide bonds. The molecule has 4 nitrogen and oxygen atoms in total. The van der Waals surface area contributed by atoms with E-state index in [2.05, 4.69) is 6.07 Å². The number of ether oxygens (including phenoxy) is 3. The van der Waals surface area contributed by atoms with Crippen molar-refractivity contribution in [2.75, 3.05) is 27.4 Å². The molecule has 2 rings (SSSR count). The van der Waals surface area contributed by atoms with E-state index in [-0.39, 0.29) is 5.41 Å². The summed E-state index contributed by atoms with van der Waals surface area (Å²) in [5.41, 5.74) is 1.77. The maximum absolute atomic E-state index is 8.99. The van der Waals surface area contributed by atoms with Crippen molar-refractivity contribution in [2.45, 2.75) is 18.8 Å². The van der Waals surface area contributed by atoms with Gasteiger partial charge in [0, 0.05) is 17.5 Å². The number of nitrogens with zero attached hydrogens (tertiary/aromatic N) is 1. The van der Waals surface area contributed by atoms with Crippen LogP contribution in [0, 0.1) is 18.3 Å². The Labute approximate surface area is 107 Å². The highest BCUT2D eigenvalue weighted by atomic mass is 16.5. The molecule has 1 saturated heterocycles. The summed E-state index contributed by atoms with van der Waals surface area (Å²) in [5.74, 6) is 1.59. The topological polar surface area (TPSA) is 51.5 Å². The summed E-state index contributed by atoms with van der Waals surface area (Å²) < 4.78 is 16.1. The van der Waals surface area contributed by atoms with E-state index in [1.165, 1.54) is 0 Å². The molecule has 0 spiro atoms. The Bertz CT molecular complexity index is 487. The minimum atomic E-state index is -0.225. The second-order valence-corrected chi connectivity index (χ2v) is 4.58. The molecule has 1 aliphatic rings. The van der Waals surface area contributed by atoms with Gasteiger partial charge >= 0.3 is 0 Å². The van der Waals surface area contributed by atoms with Gasteiger partial charge in [0.15, 0.2) is 0 Å². The van der Waals surface area contributed by atoms with Gasteiger partial charge in [-0.25, -0.2) is 0 Å². The van der Waals surface area contributed by atoms with Crippen LogP contribution >= 0.6 is 0 Å². The van der Waals surface area contributed by atoms with Crippen molar-refractivity contribution in [1.29, 1.82) is 5.26 Å². The number of hydrogen-bond acceptors (Lipinski definition) is 4. The van der Waals surface area contributed by atoms with E-state index >= 15 is 0 Å². The van der Waals surface area contributed by atoms with Gasteiger partial charge in [-0.3, -0.25) is 0 Å². The fourth-order valence-corrected chi connectivity index (χ4v) is 2.43. The highest BCUT2D eigenvalue weighted by molar-refractivity contribution is 5.53. The predicted octanol–water partition coefficient (Wildman–Crippen LogP) is 2.19. The summed E-state index contributed by atoms with van der Waals surface area (Å²) >= 11 is 0. The molecule has 1 fully saturated rings. The molecule has 0 unspecified atom stereocenters. The first-order valence-electron chi connectivity index (χ1n) is 5.85. The summed E-state index contributed by atoms with van der Waals surface area (Å²) in [6.07, 6.45) is 0.440. The molecule has 1 aromatic carbocycles. The minimum Gasteiger partial charge on any atom is -0.496 e. The maximum atomic E-state index is 8.99. The van der Waals surface area contributed by atoms with Crippen molar-refractivity contribution in [3.05, 3.63) is 23.3 Å². The van der Waals surface area contributed by atoms with E-state index in [1.54, 1.807) is 14.2 Å². The average molecular weight is 247 g/mol. The summed E-state index contributed by atoms with van der Waals surface area (Å²) in [7, 11) is 3.28. The Morgan fingerprint density at radius 1 is 1.33 bits per heavy atom. The third-order valence-corrected chi connectivity index (χ3v) is 3.53. The molecule has 1 aromatic rings. The van der Waals surface area contributed by atoms with Crippen molar-refractivity contribution >= 4 is 0 Å². The van der Waals surface area contributed by atoms with Gasteiger partial charge in [-0.05, 0) is 13.0 Å². The van der Waals surface area contributed by atoms with Gasteiger partial charge in [-0.15, -0.1) is 0 Å². The molecule has 1 heterocycles. The number of nitriles is 1. The van der Waals surface area contributed by atoms with Crippen LogP contribution in [0.3, 0.4) is 0 Å². The van der Waals surface area contributed by atoms with Crippen molar-refractivity contribution in [2.24, 2.45) is 0 Å². The molecule has 0 saturated carbocycles. The molecular weight excluding hydrogens is 230 g/mol. The van der Waals surface area contributed by atoms with Crippen LogP contribution in [0.4, 0.5) is 0 Å². The first-order valence-corrected chi connectivity index (χ1v) is 5.85. The molecular formula is C14H17NO3. The van der Waals surface area contributed by atoms with Gasteiger partial charge in [0.2, 0.25) is 0 Å². The smallest absolute Gasteiger partial charge is 0.129 e. The quantitative estimate of drug-likeness (QED) is 0.818. The van der Waals surface area contributed by atoms with Gasteiger partial charge < -0.3 is 14.2 Å². The van der Waals surface area contributed by atoms with Crippen LogP contribution in [0.15, 0.2) is 12.1 Å². The lowest BCUT2D eigenvalue weighted by atomic mass is 9.75. The zero-order chi connectivity index (χ0) is 13.2. The third kappa shape index (κ3) is 1.81. The highest BCUT2D eigenvalue weighted by Crippen LogP contribution is 2.43. The predicted molar refractivity (Wildman–Crippen MR) is 67.0 cm³/mol. The Hall–Kier alpha value is -1.73. The zero-order valence-electron chi connectivity index (χ0n) is 10.9. The fraction of sp³-hybridized carbons (Fsp3) is 0.500. The Kier molecular flexibility index (Phi) is 3.44. The minimum absolute atomic E-state index is 0.225. The van der Waals surface area contributed by atoms with Gasteiger partial charge in [0.05, 0.1) is 38.9 Å². The Morgan fingerprint density at radius 2 is 2.06 bits per heavy atom. The van der Waals surface area contributed by atoms with Crippen molar-refractivity contribution < 1.29 is 14.2 Å². The van der Waals surface area contributed by atoms with E-state index < -0.39 is 0 Å². The van der Waals surface area contributed by atoms with E-state index in [4.69, 9.17) is 19.5 Å². The molecule has 0 atom stereocenters. The number of benzene rings is 1. The molecule has 0 radical (unpaired) electrons. The summed E-state index contributed by atoms with van der Waals surface area (Å²) in [6.45, 7) is 3.10. The fourth-order valence-electron chi connectivity index (χ4n) is 2.43. The lowest BCUT2D eigenvalue weighted by molar-refractivity contribution is -0.0586. The zero-order valence-corrected chi connectivity index (χ0v) is 10.9. The highest BCUT2D eigenvalue weighted by Gasteiger charge is 2.42. The van der Waals surface area contributed by atoms with Gasteiger partial charge in [-0.1, -0.05) is 6.07 Å². The van der Waals surface area contributed by atoms with E-state index in [0.717, 1.165) is 22.6 Å². The molecule has 0 aliphatic carbocycles. The number of methoxy groups -OCH3 is 2. The number of rotatable bonds is 4. The molecule has 96 valence electrons. The van der Waals surface area contributed by atoms with Crippen LogP contribution in [-0.4, -0.2) is 27.4 Å². The Morgan fingerprint density at radius 3 is 2.50 bits per heavy atom. The summed E-state index contributed by atoms with van der Waals surface area (Å²) in [5, 5.41) is 8.99. The standard InChI is InChI=1S/C14H17NO3/c1-10-12(16-2)5-4-11(13(10)17-3)14(6-7-15)8-18-9-14/h4-5H,6,8-9H2,1-3H3. The number of hydrogen-bond donors (Lipinski definition) is 0. The average Bonchev–Trinajstić information content (AvgIpc) is 2.33. The lowest BCUT2D eigenvalue weighted by Gasteiger charge is -2.41. The van der Waals surface area contributed by atoms with Crippen LogP contribution in [0.1, 0.15) is 17.5 Å². The first kappa shape index (κ1) is 12.7. The maximum Gasteiger partial charge on any atom is 0.129 e. The molecule has 18 heavy (non-hydrogen) atoms. The molecule has 0 bridgehead atoms. The SMILES string of the molecule is COc1ccc(C2(CC#N)COC2)c(OC)c1C. The molecule has 4 heteroatoms. The summed E-state index contributed by atoms with van der Waals surface area (Å²) in [6, 6.07) is 6.14. The third-order valence-electron chi connectivity index (χ3n) is 3.53. The van der Waals surface area contributed by atoms with E-state index in [0.29, 0.717) is 19.6 Å². The van der Waals surface area contributed by atoms with E-state index in [1.807, 2.05) is 19.1 Å². The van der Waals surface area contributed by atoms with Crippen molar-refractivity contribution in [3.8, 4) is 17.6 Å². The van der Waals surface area contributed by atoms with Gasteiger partial charge in [0.1, 0.15) is 11.5 Å². The summed E-state index contributed by atoms with van der Waals surface area (Å²) in [4.78, 5) is 0. The molecule has 0 N–H and O–H groups in total. The second kappa shape index (κ2) is 4.87. The Balaban J connectivity index is 2.51. The second-order valence-electron chi connectivity index (χ2n) is 4.58. The van der Waals surface area contributed by atoms with Gasteiger partial charge in [-0.2, -0.15) is 5.26 Å². The van der Waals surface area contributed by atoms with Crippen molar-refractivity contribution in [3.63, 3.8) is 0 Å². The first-order chi connectivity index (χ1) is 8.68. The molecule has 1 aliphatic heterocycles.